The molecule has 2 aliphatic rings. The van der Waals surface area contributed by atoms with E-state index < -0.39 is 0 Å². The number of morpholine rings is 1. The molecular formula is C15H25N5O2S. The van der Waals surface area contributed by atoms with Crippen LogP contribution < -0.4 is 4.90 Å². The Morgan fingerprint density at radius 2 is 2.09 bits per heavy atom. The van der Waals surface area contributed by atoms with E-state index in [-0.39, 0.29) is 12.0 Å². The van der Waals surface area contributed by atoms with E-state index in [0.29, 0.717) is 26.2 Å². The smallest absolute Gasteiger partial charge is 0.236 e. The van der Waals surface area contributed by atoms with E-state index in [9.17, 15) is 4.79 Å². The molecule has 23 heavy (non-hydrogen) atoms. The molecular weight excluding hydrogens is 314 g/mol. The number of piperazine rings is 1. The highest BCUT2D eigenvalue weighted by Gasteiger charge is 2.25. The fourth-order valence-electron chi connectivity index (χ4n) is 2.95. The maximum Gasteiger partial charge on any atom is 0.236 e. The summed E-state index contributed by atoms with van der Waals surface area (Å²) < 4.78 is 9.84. The molecule has 0 saturated carbocycles. The maximum atomic E-state index is 12.4. The van der Waals surface area contributed by atoms with Gasteiger partial charge in [0.25, 0.3) is 0 Å². The zero-order valence-electron chi connectivity index (χ0n) is 13.9. The molecule has 0 N–H and O–H groups in total. The van der Waals surface area contributed by atoms with Crippen LogP contribution in [0.25, 0.3) is 0 Å². The molecule has 8 heteroatoms. The number of hydrogen-bond acceptors (Lipinski definition) is 7. The van der Waals surface area contributed by atoms with Crippen LogP contribution in [0.15, 0.2) is 0 Å². The predicted octanol–water partition coefficient (Wildman–Crippen LogP) is 0.470. The van der Waals surface area contributed by atoms with Gasteiger partial charge in [-0.1, -0.05) is 6.92 Å². The first-order valence-corrected chi connectivity index (χ1v) is 9.12. The standard InChI is InChI=1S/C15H25N5O2S/c1-3-13-16-15(23-17-13)19-6-4-18(5-7-19)11-14(21)20-8-9-22-12(2)10-20/h12H,3-11H2,1-2H3. The number of ether oxygens (including phenoxy) is 1. The van der Waals surface area contributed by atoms with E-state index in [1.54, 1.807) is 0 Å². The third-order valence-corrected chi connectivity index (χ3v) is 5.18. The van der Waals surface area contributed by atoms with Crippen molar-refractivity contribution in [1.82, 2.24) is 19.2 Å². The monoisotopic (exact) mass is 339 g/mol. The van der Waals surface area contributed by atoms with E-state index in [4.69, 9.17) is 4.74 Å². The molecule has 1 amide bonds. The first-order valence-electron chi connectivity index (χ1n) is 8.35. The van der Waals surface area contributed by atoms with Crippen LogP contribution in [0.2, 0.25) is 0 Å². The van der Waals surface area contributed by atoms with Gasteiger partial charge in [0.2, 0.25) is 11.0 Å². The molecule has 1 unspecified atom stereocenters. The van der Waals surface area contributed by atoms with E-state index in [0.717, 1.165) is 43.6 Å². The van der Waals surface area contributed by atoms with Gasteiger partial charge in [0.15, 0.2) is 0 Å². The van der Waals surface area contributed by atoms with Gasteiger partial charge < -0.3 is 14.5 Å². The van der Waals surface area contributed by atoms with Gasteiger partial charge in [-0.2, -0.15) is 4.37 Å². The van der Waals surface area contributed by atoms with Gasteiger partial charge in [-0.15, -0.1) is 0 Å². The van der Waals surface area contributed by atoms with Crippen LogP contribution in [-0.2, 0) is 16.0 Å². The lowest BCUT2D eigenvalue weighted by Gasteiger charge is -2.36. The molecule has 1 atom stereocenters. The molecule has 0 bridgehead atoms. The SMILES string of the molecule is CCc1nsc(N2CCN(CC(=O)N3CCOC(C)C3)CC2)n1. The molecule has 2 fully saturated rings. The van der Waals surface area contributed by atoms with Gasteiger partial charge in [0.05, 0.1) is 19.3 Å². The zero-order chi connectivity index (χ0) is 16.2. The Balaban J connectivity index is 1.46. The summed E-state index contributed by atoms with van der Waals surface area (Å²) in [4.78, 5) is 23.4. The van der Waals surface area contributed by atoms with E-state index in [1.165, 1.54) is 11.5 Å². The Labute approximate surface area is 141 Å². The minimum Gasteiger partial charge on any atom is -0.375 e. The number of aromatic nitrogens is 2. The van der Waals surface area contributed by atoms with Gasteiger partial charge in [0.1, 0.15) is 5.82 Å². The molecule has 3 heterocycles. The second-order valence-corrected chi connectivity index (χ2v) is 6.86. The summed E-state index contributed by atoms with van der Waals surface area (Å²) in [5, 5.41) is 1.01. The van der Waals surface area contributed by atoms with Crippen LogP contribution in [0.3, 0.4) is 0 Å². The molecule has 3 rings (SSSR count). The van der Waals surface area contributed by atoms with Crippen molar-refractivity contribution in [1.29, 1.82) is 0 Å². The number of hydrogen-bond donors (Lipinski definition) is 0. The second-order valence-electron chi connectivity index (χ2n) is 6.13. The predicted molar refractivity (Wildman–Crippen MR) is 89.9 cm³/mol. The molecule has 1 aromatic heterocycles. The van der Waals surface area contributed by atoms with E-state index in [2.05, 4.69) is 26.1 Å². The molecule has 2 aliphatic heterocycles. The molecule has 7 nitrogen and oxygen atoms in total. The number of anilines is 1. The third-order valence-electron chi connectivity index (χ3n) is 4.37. The molecule has 0 aromatic carbocycles. The fraction of sp³-hybridized carbons (Fsp3) is 0.800. The Hall–Kier alpha value is -1.25. The topological polar surface area (TPSA) is 61.8 Å². The Morgan fingerprint density at radius 3 is 2.74 bits per heavy atom. The number of nitrogens with zero attached hydrogens (tertiary/aromatic N) is 5. The average Bonchev–Trinajstić information content (AvgIpc) is 3.04. The van der Waals surface area contributed by atoms with Crippen molar-refractivity contribution < 1.29 is 9.53 Å². The summed E-state index contributed by atoms with van der Waals surface area (Å²) in [6.45, 7) is 10.3. The summed E-state index contributed by atoms with van der Waals surface area (Å²) in [5.41, 5.74) is 0. The van der Waals surface area contributed by atoms with Gasteiger partial charge in [-0.3, -0.25) is 9.69 Å². The van der Waals surface area contributed by atoms with Crippen molar-refractivity contribution in [2.24, 2.45) is 0 Å². The number of rotatable bonds is 4. The van der Waals surface area contributed by atoms with Crippen molar-refractivity contribution in [3.63, 3.8) is 0 Å². The lowest BCUT2D eigenvalue weighted by molar-refractivity contribution is -0.139. The first kappa shape index (κ1) is 16.6. The van der Waals surface area contributed by atoms with Crippen LogP contribution in [0.1, 0.15) is 19.7 Å². The van der Waals surface area contributed by atoms with Crippen LogP contribution in [-0.4, -0.2) is 83.6 Å². The van der Waals surface area contributed by atoms with Crippen molar-refractivity contribution in [3.05, 3.63) is 5.82 Å². The normalized spacial score (nSPS) is 23.3. The Bertz CT molecular complexity index is 530. The van der Waals surface area contributed by atoms with Crippen molar-refractivity contribution in [2.45, 2.75) is 26.4 Å². The Morgan fingerprint density at radius 1 is 1.30 bits per heavy atom. The summed E-state index contributed by atoms with van der Waals surface area (Å²) in [5.74, 6) is 1.14. The highest BCUT2D eigenvalue weighted by atomic mass is 32.1. The van der Waals surface area contributed by atoms with Gasteiger partial charge >= 0.3 is 0 Å². The average molecular weight is 339 g/mol. The minimum atomic E-state index is 0.148. The largest absolute Gasteiger partial charge is 0.375 e. The maximum absolute atomic E-state index is 12.4. The van der Waals surface area contributed by atoms with Crippen molar-refractivity contribution in [3.8, 4) is 0 Å². The summed E-state index contributed by atoms with van der Waals surface area (Å²) in [6.07, 6.45) is 1.03. The molecule has 0 spiro atoms. The van der Waals surface area contributed by atoms with Crippen molar-refractivity contribution >= 4 is 22.6 Å². The lowest BCUT2D eigenvalue weighted by atomic mass is 10.2. The molecule has 1 aromatic rings. The van der Waals surface area contributed by atoms with Crippen molar-refractivity contribution in [2.75, 3.05) is 57.3 Å². The summed E-state index contributed by atoms with van der Waals surface area (Å²) in [7, 11) is 0. The second kappa shape index (κ2) is 7.55. The zero-order valence-corrected chi connectivity index (χ0v) is 14.7. The molecule has 0 radical (unpaired) electrons. The molecule has 128 valence electrons. The lowest BCUT2D eigenvalue weighted by Crippen LogP contribution is -2.52. The first-order chi connectivity index (χ1) is 11.2. The van der Waals surface area contributed by atoms with Crippen LogP contribution in [0.5, 0.6) is 0 Å². The van der Waals surface area contributed by atoms with Crippen LogP contribution >= 0.6 is 11.5 Å². The highest BCUT2D eigenvalue weighted by Crippen LogP contribution is 2.19. The fourth-order valence-corrected chi connectivity index (χ4v) is 3.75. The highest BCUT2D eigenvalue weighted by molar-refractivity contribution is 7.09. The van der Waals surface area contributed by atoms with Gasteiger partial charge in [0, 0.05) is 57.2 Å². The number of amides is 1. The summed E-state index contributed by atoms with van der Waals surface area (Å²) in [6, 6.07) is 0. The van der Waals surface area contributed by atoms with E-state index >= 15 is 0 Å². The van der Waals surface area contributed by atoms with Gasteiger partial charge in [-0.05, 0) is 6.92 Å². The van der Waals surface area contributed by atoms with Crippen LogP contribution in [0, 0.1) is 0 Å². The minimum absolute atomic E-state index is 0.148. The van der Waals surface area contributed by atoms with E-state index in [1.807, 2.05) is 11.8 Å². The molecule has 0 aliphatic carbocycles. The quantitative estimate of drug-likeness (QED) is 0.795. The van der Waals surface area contributed by atoms with Gasteiger partial charge in [-0.25, -0.2) is 4.98 Å². The number of aryl methyl sites for hydroxylation is 1. The molecule has 2 saturated heterocycles. The Kier molecular flexibility index (Phi) is 5.45. The number of carbonyl (C=O) groups excluding carboxylic acids is 1. The number of carbonyl (C=O) groups is 1. The summed E-state index contributed by atoms with van der Waals surface area (Å²) >= 11 is 1.48. The van der Waals surface area contributed by atoms with Crippen LogP contribution in [0.4, 0.5) is 5.13 Å². The third kappa shape index (κ3) is 4.19.